The van der Waals surface area contributed by atoms with Gasteiger partial charge in [-0.25, -0.2) is 5.48 Å². The third-order valence-corrected chi connectivity index (χ3v) is 3.12. The summed E-state index contributed by atoms with van der Waals surface area (Å²) in [6.07, 6.45) is 2.91. The van der Waals surface area contributed by atoms with E-state index in [1.807, 2.05) is 18.2 Å². The first-order valence-electron chi connectivity index (χ1n) is 5.90. The van der Waals surface area contributed by atoms with Gasteiger partial charge in [0.05, 0.1) is 5.70 Å². The fourth-order valence-electron chi connectivity index (χ4n) is 2.34. The molecule has 0 amide bonds. The van der Waals surface area contributed by atoms with Crippen molar-refractivity contribution >= 4 is 22.4 Å². The van der Waals surface area contributed by atoms with Crippen LogP contribution in [0, 0.1) is 0 Å². The van der Waals surface area contributed by atoms with E-state index in [0.29, 0.717) is 0 Å². The Morgan fingerprint density at radius 3 is 2.89 bits per heavy atom. The molecule has 3 heteroatoms. The Balaban J connectivity index is 2.07. The number of nitrogens with one attached hydrogen (secondary N) is 1. The average molecular weight is 239 g/mol. The quantitative estimate of drug-likeness (QED) is 0.819. The second kappa shape index (κ2) is 4.18. The Labute approximate surface area is 105 Å². The summed E-state index contributed by atoms with van der Waals surface area (Å²) < 4.78 is 0. The van der Waals surface area contributed by atoms with Gasteiger partial charge in [-0.1, -0.05) is 42.5 Å². The standard InChI is InChI=1S/C15H13NO2/c1-10(17)18-16-14-9-8-12-7-6-11-4-2-3-5-13(11)15(12)14/h2-7,9,16H,8H2,1H3. The van der Waals surface area contributed by atoms with Gasteiger partial charge >= 0.3 is 5.97 Å². The van der Waals surface area contributed by atoms with Gasteiger partial charge in [-0.15, -0.1) is 0 Å². The number of fused-ring (bicyclic) bond motifs is 3. The van der Waals surface area contributed by atoms with Crippen LogP contribution in [0.2, 0.25) is 0 Å². The summed E-state index contributed by atoms with van der Waals surface area (Å²) in [7, 11) is 0. The molecule has 0 bridgehead atoms. The van der Waals surface area contributed by atoms with Crippen LogP contribution in [0.3, 0.4) is 0 Å². The number of benzene rings is 2. The van der Waals surface area contributed by atoms with Crippen molar-refractivity contribution in [3.8, 4) is 0 Å². The lowest BCUT2D eigenvalue weighted by atomic mass is 10.00. The second-order valence-electron chi connectivity index (χ2n) is 4.34. The molecule has 2 aromatic rings. The van der Waals surface area contributed by atoms with E-state index in [0.717, 1.165) is 17.7 Å². The zero-order valence-electron chi connectivity index (χ0n) is 10.1. The highest BCUT2D eigenvalue weighted by atomic mass is 16.7. The first-order chi connectivity index (χ1) is 8.75. The fraction of sp³-hybridized carbons (Fsp3) is 0.133. The Hall–Kier alpha value is -2.29. The molecule has 0 fully saturated rings. The second-order valence-corrected chi connectivity index (χ2v) is 4.34. The molecular weight excluding hydrogens is 226 g/mol. The monoisotopic (exact) mass is 239 g/mol. The molecule has 0 aliphatic heterocycles. The SMILES string of the molecule is CC(=O)ONC1=CCc2ccc3ccccc3c21. The molecule has 1 aliphatic carbocycles. The van der Waals surface area contributed by atoms with Gasteiger partial charge in [0.1, 0.15) is 0 Å². The molecule has 3 nitrogen and oxygen atoms in total. The molecule has 0 saturated heterocycles. The van der Waals surface area contributed by atoms with Gasteiger partial charge in [0.2, 0.25) is 0 Å². The molecule has 0 aromatic heterocycles. The Bertz CT molecular complexity index is 659. The zero-order chi connectivity index (χ0) is 12.5. The van der Waals surface area contributed by atoms with Gasteiger partial charge in [0.25, 0.3) is 0 Å². The van der Waals surface area contributed by atoms with E-state index in [1.54, 1.807) is 0 Å². The lowest BCUT2D eigenvalue weighted by molar-refractivity contribution is -0.145. The maximum Gasteiger partial charge on any atom is 0.329 e. The van der Waals surface area contributed by atoms with E-state index in [-0.39, 0.29) is 5.97 Å². The summed E-state index contributed by atoms with van der Waals surface area (Å²) in [5.41, 5.74) is 6.00. The van der Waals surface area contributed by atoms with Gasteiger partial charge in [0.15, 0.2) is 0 Å². The average Bonchev–Trinajstić information content (AvgIpc) is 2.80. The number of hydroxylamine groups is 1. The van der Waals surface area contributed by atoms with Crippen LogP contribution in [0.5, 0.6) is 0 Å². The minimum absolute atomic E-state index is 0.343. The third kappa shape index (κ3) is 1.74. The van der Waals surface area contributed by atoms with E-state index in [9.17, 15) is 4.79 Å². The summed E-state index contributed by atoms with van der Waals surface area (Å²) in [5, 5.41) is 2.37. The van der Waals surface area contributed by atoms with Gasteiger partial charge in [0, 0.05) is 12.5 Å². The maximum atomic E-state index is 10.9. The summed E-state index contributed by atoms with van der Waals surface area (Å²) in [5.74, 6) is -0.343. The summed E-state index contributed by atoms with van der Waals surface area (Å²) >= 11 is 0. The van der Waals surface area contributed by atoms with Crippen LogP contribution >= 0.6 is 0 Å². The van der Waals surface area contributed by atoms with Crippen LogP contribution in [0.4, 0.5) is 0 Å². The topological polar surface area (TPSA) is 38.3 Å². The largest absolute Gasteiger partial charge is 0.344 e. The van der Waals surface area contributed by atoms with E-state index in [2.05, 4.69) is 29.7 Å². The molecule has 0 spiro atoms. The number of rotatable bonds is 2. The van der Waals surface area contributed by atoms with Crippen molar-refractivity contribution < 1.29 is 9.63 Å². The number of carbonyl (C=O) groups is 1. The predicted molar refractivity (Wildman–Crippen MR) is 70.5 cm³/mol. The highest BCUT2D eigenvalue weighted by Gasteiger charge is 2.17. The number of hydrogen-bond donors (Lipinski definition) is 1. The Morgan fingerprint density at radius 2 is 2.06 bits per heavy atom. The maximum absolute atomic E-state index is 10.9. The van der Waals surface area contributed by atoms with Gasteiger partial charge in [-0.2, -0.15) is 0 Å². The highest BCUT2D eigenvalue weighted by molar-refractivity contribution is 5.96. The molecule has 1 N–H and O–H groups in total. The summed E-state index contributed by atoms with van der Waals surface area (Å²) in [6, 6.07) is 12.4. The molecule has 2 aromatic carbocycles. The van der Waals surface area contributed by atoms with Crippen molar-refractivity contribution in [1.29, 1.82) is 0 Å². The lowest BCUT2D eigenvalue weighted by Gasteiger charge is -2.11. The molecule has 1 aliphatic rings. The number of hydrogen-bond acceptors (Lipinski definition) is 3. The molecule has 0 heterocycles. The van der Waals surface area contributed by atoms with Crippen molar-refractivity contribution in [2.75, 3.05) is 0 Å². The van der Waals surface area contributed by atoms with Gasteiger partial charge < -0.3 is 4.84 Å². The molecule has 0 atom stereocenters. The van der Waals surface area contributed by atoms with Crippen molar-refractivity contribution in [3.05, 3.63) is 53.6 Å². The molecule has 0 unspecified atom stereocenters. The van der Waals surface area contributed by atoms with E-state index in [4.69, 9.17) is 4.84 Å². The number of carbonyl (C=O) groups excluding carboxylic acids is 1. The molecule has 18 heavy (non-hydrogen) atoms. The van der Waals surface area contributed by atoms with Gasteiger partial charge in [-0.3, -0.25) is 4.79 Å². The minimum Gasteiger partial charge on any atom is -0.344 e. The minimum atomic E-state index is -0.343. The predicted octanol–water partition coefficient (Wildman–Crippen LogP) is 2.80. The van der Waals surface area contributed by atoms with Crippen LogP contribution in [0.1, 0.15) is 18.1 Å². The number of allylic oxidation sites excluding steroid dienone is 1. The van der Waals surface area contributed by atoms with Crippen molar-refractivity contribution in [3.63, 3.8) is 0 Å². The first kappa shape index (κ1) is 10.8. The Morgan fingerprint density at radius 1 is 1.22 bits per heavy atom. The van der Waals surface area contributed by atoms with E-state index >= 15 is 0 Å². The lowest BCUT2D eigenvalue weighted by Crippen LogP contribution is -2.15. The molecule has 90 valence electrons. The van der Waals surface area contributed by atoms with E-state index in [1.165, 1.54) is 23.3 Å². The van der Waals surface area contributed by atoms with Crippen LogP contribution in [-0.2, 0) is 16.1 Å². The summed E-state index contributed by atoms with van der Waals surface area (Å²) in [4.78, 5) is 15.7. The normalized spacial score (nSPS) is 13.1. The van der Waals surface area contributed by atoms with Crippen LogP contribution in [0.15, 0.2) is 42.5 Å². The van der Waals surface area contributed by atoms with Crippen molar-refractivity contribution in [1.82, 2.24) is 5.48 Å². The van der Waals surface area contributed by atoms with Gasteiger partial charge in [-0.05, 0) is 22.8 Å². The molecule has 0 saturated carbocycles. The fourth-order valence-corrected chi connectivity index (χ4v) is 2.34. The van der Waals surface area contributed by atoms with Crippen LogP contribution < -0.4 is 5.48 Å². The van der Waals surface area contributed by atoms with Crippen LogP contribution in [-0.4, -0.2) is 5.97 Å². The highest BCUT2D eigenvalue weighted by Crippen LogP contribution is 2.32. The summed E-state index contributed by atoms with van der Waals surface area (Å²) in [6.45, 7) is 1.38. The molecule has 0 radical (unpaired) electrons. The zero-order valence-corrected chi connectivity index (χ0v) is 10.1. The molecule has 3 rings (SSSR count). The third-order valence-electron chi connectivity index (χ3n) is 3.12. The Kier molecular flexibility index (Phi) is 2.52. The smallest absolute Gasteiger partial charge is 0.329 e. The van der Waals surface area contributed by atoms with Crippen molar-refractivity contribution in [2.45, 2.75) is 13.3 Å². The van der Waals surface area contributed by atoms with Crippen LogP contribution in [0.25, 0.3) is 16.5 Å². The first-order valence-corrected chi connectivity index (χ1v) is 5.90. The van der Waals surface area contributed by atoms with Crippen molar-refractivity contribution in [2.24, 2.45) is 0 Å². The van der Waals surface area contributed by atoms with E-state index < -0.39 is 0 Å². The molecular formula is C15H13NO2.